The second kappa shape index (κ2) is 6.07. The second-order valence-corrected chi connectivity index (χ2v) is 6.44. The van der Waals surface area contributed by atoms with Crippen molar-refractivity contribution in [3.05, 3.63) is 71.3 Å². The van der Waals surface area contributed by atoms with Gasteiger partial charge in [-0.25, -0.2) is 4.79 Å². The van der Waals surface area contributed by atoms with Crippen molar-refractivity contribution in [1.29, 1.82) is 0 Å². The fraction of sp³-hybridized carbons (Fsp3) is 0.350. The summed E-state index contributed by atoms with van der Waals surface area (Å²) in [6.45, 7) is 6.82. The zero-order valence-corrected chi connectivity index (χ0v) is 14.0. The third-order valence-corrected chi connectivity index (χ3v) is 4.84. The van der Waals surface area contributed by atoms with Crippen molar-refractivity contribution < 1.29 is 9.53 Å². The largest absolute Gasteiger partial charge is 0.438 e. The van der Waals surface area contributed by atoms with E-state index in [9.17, 15) is 4.79 Å². The first-order chi connectivity index (χ1) is 11.0. The number of benzene rings is 2. The van der Waals surface area contributed by atoms with Gasteiger partial charge in [0.25, 0.3) is 0 Å². The average molecular weight is 309 g/mol. The van der Waals surface area contributed by atoms with Crippen LogP contribution in [0.4, 0.5) is 4.79 Å². The van der Waals surface area contributed by atoms with Gasteiger partial charge < -0.3 is 9.64 Å². The van der Waals surface area contributed by atoms with Crippen molar-refractivity contribution in [2.24, 2.45) is 0 Å². The lowest BCUT2D eigenvalue weighted by molar-refractivity contribution is -0.0494. The molecular formula is C20H23NO2. The molecule has 1 aliphatic heterocycles. The van der Waals surface area contributed by atoms with Gasteiger partial charge in [0.05, 0.1) is 6.04 Å². The summed E-state index contributed by atoms with van der Waals surface area (Å²) in [4.78, 5) is 14.4. The summed E-state index contributed by atoms with van der Waals surface area (Å²) >= 11 is 0. The maximum absolute atomic E-state index is 12.6. The Morgan fingerprint density at radius 2 is 1.74 bits per heavy atom. The molecule has 120 valence electrons. The molecule has 23 heavy (non-hydrogen) atoms. The number of ether oxygens (including phenoxy) is 1. The number of amides is 1. The predicted molar refractivity (Wildman–Crippen MR) is 91.2 cm³/mol. The Balaban J connectivity index is 1.80. The van der Waals surface area contributed by atoms with E-state index in [0.29, 0.717) is 6.54 Å². The maximum Gasteiger partial charge on any atom is 0.411 e. The minimum atomic E-state index is -0.546. The molecule has 2 aromatic rings. The van der Waals surface area contributed by atoms with Gasteiger partial charge in [0.15, 0.2) is 0 Å². The summed E-state index contributed by atoms with van der Waals surface area (Å²) in [7, 11) is 0. The predicted octanol–water partition coefficient (Wildman–Crippen LogP) is 4.81. The van der Waals surface area contributed by atoms with Crippen LogP contribution in [-0.2, 0) is 10.3 Å². The van der Waals surface area contributed by atoms with E-state index in [0.717, 1.165) is 23.1 Å². The lowest BCUT2D eigenvalue weighted by atomic mass is 9.87. The van der Waals surface area contributed by atoms with Crippen LogP contribution in [0.5, 0.6) is 0 Å². The molecule has 0 bridgehead atoms. The van der Waals surface area contributed by atoms with E-state index in [4.69, 9.17) is 4.74 Å². The van der Waals surface area contributed by atoms with Crippen LogP contribution < -0.4 is 0 Å². The topological polar surface area (TPSA) is 29.5 Å². The standard InChI is InChI=1S/C20H23NO2/c1-15-9-7-8-12-18(15)20(3)13-14-21(19(22)23-20)16(2)17-10-5-4-6-11-17/h4-12,16H,13-14H2,1-3H3/t16-,20-/m0/s1. The molecule has 3 heteroatoms. The molecular weight excluding hydrogens is 286 g/mol. The van der Waals surface area contributed by atoms with Gasteiger partial charge in [0.1, 0.15) is 5.60 Å². The maximum atomic E-state index is 12.6. The molecule has 1 amide bonds. The number of nitrogens with zero attached hydrogens (tertiary/aromatic N) is 1. The van der Waals surface area contributed by atoms with E-state index in [1.54, 1.807) is 0 Å². The van der Waals surface area contributed by atoms with Crippen LogP contribution in [0.1, 0.15) is 43.0 Å². The lowest BCUT2D eigenvalue weighted by Crippen LogP contribution is -2.47. The van der Waals surface area contributed by atoms with E-state index in [1.807, 2.05) is 61.2 Å². The molecule has 0 aliphatic carbocycles. The van der Waals surface area contributed by atoms with Gasteiger partial charge in [0, 0.05) is 13.0 Å². The summed E-state index contributed by atoms with van der Waals surface area (Å²) in [6.07, 6.45) is 0.555. The Hall–Kier alpha value is -2.29. The third kappa shape index (κ3) is 2.96. The van der Waals surface area contributed by atoms with Crippen LogP contribution >= 0.6 is 0 Å². The Morgan fingerprint density at radius 3 is 2.39 bits per heavy atom. The SMILES string of the molecule is Cc1ccccc1[C@]1(C)CCN([C@@H](C)c2ccccc2)C(=O)O1. The minimum Gasteiger partial charge on any atom is -0.438 e. The molecule has 0 radical (unpaired) electrons. The van der Waals surface area contributed by atoms with Gasteiger partial charge in [-0.05, 0) is 37.5 Å². The van der Waals surface area contributed by atoms with Gasteiger partial charge in [-0.15, -0.1) is 0 Å². The van der Waals surface area contributed by atoms with Crippen molar-refractivity contribution in [2.75, 3.05) is 6.54 Å². The number of cyclic esters (lactones) is 1. The highest BCUT2D eigenvalue weighted by Gasteiger charge is 2.40. The third-order valence-electron chi connectivity index (χ3n) is 4.84. The average Bonchev–Trinajstić information content (AvgIpc) is 2.55. The van der Waals surface area contributed by atoms with Gasteiger partial charge in [-0.2, -0.15) is 0 Å². The highest BCUT2D eigenvalue weighted by atomic mass is 16.6. The van der Waals surface area contributed by atoms with Gasteiger partial charge >= 0.3 is 6.09 Å². The van der Waals surface area contributed by atoms with E-state index in [1.165, 1.54) is 0 Å². The van der Waals surface area contributed by atoms with Gasteiger partial charge in [0.2, 0.25) is 0 Å². The van der Waals surface area contributed by atoms with Crippen molar-refractivity contribution >= 4 is 6.09 Å². The van der Waals surface area contributed by atoms with Crippen LogP contribution in [0.3, 0.4) is 0 Å². The Morgan fingerprint density at radius 1 is 1.09 bits per heavy atom. The molecule has 3 rings (SSSR count). The van der Waals surface area contributed by atoms with E-state index >= 15 is 0 Å². The molecule has 1 fully saturated rings. The smallest absolute Gasteiger partial charge is 0.411 e. The molecule has 1 aliphatic rings. The van der Waals surface area contributed by atoms with Crippen LogP contribution in [0, 0.1) is 6.92 Å². The summed E-state index contributed by atoms with van der Waals surface area (Å²) < 4.78 is 5.88. The normalized spacial score (nSPS) is 22.6. The Kier molecular flexibility index (Phi) is 4.12. The van der Waals surface area contributed by atoms with E-state index < -0.39 is 5.60 Å². The van der Waals surface area contributed by atoms with Gasteiger partial charge in [-0.3, -0.25) is 0 Å². The molecule has 0 N–H and O–H groups in total. The van der Waals surface area contributed by atoms with E-state index in [-0.39, 0.29) is 12.1 Å². The quantitative estimate of drug-likeness (QED) is 0.814. The summed E-state index contributed by atoms with van der Waals surface area (Å²) in [6, 6.07) is 18.2. The number of hydrogen-bond acceptors (Lipinski definition) is 2. The molecule has 1 heterocycles. The zero-order valence-electron chi connectivity index (χ0n) is 14.0. The molecule has 2 atom stereocenters. The first-order valence-electron chi connectivity index (χ1n) is 8.12. The summed E-state index contributed by atoms with van der Waals surface area (Å²) in [5, 5.41) is 0. The molecule has 1 saturated heterocycles. The van der Waals surface area contributed by atoms with Crippen molar-refractivity contribution in [1.82, 2.24) is 4.90 Å². The molecule has 0 spiro atoms. The number of hydrogen-bond donors (Lipinski definition) is 0. The highest BCUT2D eigenvalue weighted by molar-refractivity contribution is 5.70. The van der Waals surface area contributed by atoms with Crippen LogP contribution in [0.25, 0.3) is 0 Å². The molecule has 3 nitrogen and oxygen atoms in total. The second-order valence-electron chi connectivity index (χ2n) is 6.44. The first-order valence-corrected chi connectivity index (χ1v) is 8.12. The molecule has 0 unspecified atom stereocenters. The number of carbonyl (C=O) groups is 1. The molecule has 0 aromatic heterocycles. The van der Waals surface area contributed by atoms with E-state index in [2.05, 4.69) is 19.1 Å². The fourth-order valence-electron chi connectivity index (χ4n) is 3.35. The number of aryl methyl sites for hydroxylation is 1. The van der Waals surface area contributed by atoms with Crippen LogP contribution in [0.2, 0.25) is 0 Å². The minimum absolute atomic E-state index is 0.0186. The molecule has 0 saturated carbocycles. The lowest BCUT2D eigenvalue weighted by Gasteiger charge is -2.42. The number of rotatable bonds is 3. The summed E-state index contributed by atoms with van der Waals surface area (Å²) in [5.74, 6) is 0. The van der Waals surface area contributed by atoms with Gasteiger partial charge in [-0.1, -0.05) is 54.6 Å². The first kappa shape index (κ1) is 15.6. The van der Waals surface area contributed by atoms with Crippen LogP contribution in [-0.4, -0.2) is 17.5 Å². The van der Waals surface area contributed by atoms with Crippen molar-refractivity contribution in [3.63, 3.8) is 0 Å². The Bertz CT molecular complexity index is 698. The molecule has 2 aromatic carbocycles. The Labute approximate surface area is 137 Å². The highest BCUT2D eigenvalue weighted by Crippen LogP contribution is 2.37. The van der Waals surface area contributed by atoms with Crippen molar-refractivity contribution in [2.45, 2.75) is 38.8 Å². The van der Waals surface area contributed by atoms with Crippen LogP contribution in [0.15, 0.2) is 54.6 Å². The monoisotopic (exact) mass is 309 g/mol. The van der Waals surface area contributed by atoms with Crippen molar-refractivity contribution in [3.8, 4) is 0 Å². The zero-order chi connectivity index (χ0) is 16.4. The number of carbonyl (C=O) groups excluding carboxylic acids is 1. The fourth-order valence-corrected chi connectivity index (χ4v) is 3.35. The summed E-state index contributed by atoms with van der Waals surface area (Å²) in [5.41, 5.74) is 2.84.